The summed E-state index contributed by atoms with van der Waals surface area (Å²) in [5, 5.41) is 2.98. The smallest absolute Gasteiger partial charge is 0.253 e. The molecule has 1 amide bonds. The summed E-state index contributed by atoms with van der Waals surface area (Å²) in [5.74, 6) is -0.768. The normalized spacial score (nSPS) is 11.8. The van der Waals surface area contributed by atoms with Crippen molar-refractivity contribution in [1.82, 2.24) is 10.3 Å². The van der Waals surface area contributed by atoms with Crippen LogP contribution >= 0.6 is 22.6 Å². The minimum Gasteiger partial charge on any atom is -0.340 e. The number of carbonyl (C=O) groups is 1. The predicted molar refractivity (Wildman–Crippen MR) is 104 cm³/mol. The van der Waals surface area contributed by atoms with Crippen molar-refractivity contribution in [2.45, 2.75) is 13.0 Å². The summed E-state index contributed by atoms with van der Waals surface area (Å²) in [4.78, 5) is 17.1. The van der Waals surface area contributed by atoms with Crippen molar-refractivity contribution in [3.63, 3.8) is 0 Å². The minimum atomic E-state index is -0.435. The van der Waals surface area contributed by atoms with Gasteiger partial charge in [0.2, 0.25) is 0 Å². The molecule has 0 spiro atoms. The van der Waals surface area contributed by atoms with Crippen LogP contribution in [0.25, 0.3) is 0 Å². The van der Waals surface area contributed by atoms with Gasteiger partial charge in [-0.25, -0.2) is 4.39 Å². The number of pyridine rings is 1. The van der Waals surface area contributed by atoms with E-state index >= 15 is 0 Å². The second-order valence-corrected chi connectivity index (χ2v) is 6.86. The number of aryl methyl sites for hydroxylation is 1. The number of halogens is 2. The van der Waals surface area contributed by atoms with Gasteiger partial charge in [0.1, 0.15) is 5.82 Å². The van der Waals surface area contributed by atoms with Crippen molar-refractivity contribution in [3.8, 4) is 0 Å². The molecular formula is C20H16FIN2O. The molecule has 0 bridgehead atoms. The highest BCUT2D eigenvalue weighted by Crippen LogP contribution is 2.22. The third kappa shape index (κ3) is 4.22. The summed E-state index contributed by atoms with van der Waals surface area (Å²) < 4.78 is 14.2. The highest BCUT2D eigenvalue weighted by molar-refractivity contribution is 14.1. The van der Waals surface area contributed by atoms with Crippen LogP contribution in [0.5, 0.6) is 0 Å². The van der Waals surface area contributed by atoms with E-state index in [1.807, 2.05) is 72.0 Å². The Bertz CT molecular complexity index is 882. The molecule has 0 radical (unpaired) electrons. The number of nitrogens with one attached hydrogen (secondary N) is 1. The monoisotopic (exact) mass is 446 g/mol. The SMILES string of the molecule is Cc1ccc(C(NC(=O)c2cc(F)ccc2I)c2ccccn2)cc1. The number of amides is 1. The second-order valence-electron chi connectivity index (χ2n) is 5.70. The Morgan fingerprint density at radius 2 is 1.88 bits per heavy atom. The van der Waals surface area contributed by atoms with Gasteiger partial charge in [-0.05, 0) is 65.4 Å². The van der Waals surface area contributed by atoms with Crippen molar-refractivity contribution < 1.29 is 9.18 Å². The number of rotatable bonds is 4. The van der Waals surface area contributed by atoms with Gasteiger partial charge in [0.05, 0.1) is 17.3 Å². The summed E-state index contributed by atoms with van der Waals surface area (Å²) >= 11 is 2.03. The Hall–Kier alpha value is -2.28. The number of hydrogen-bond donors (Lipinski definition) is 1. The number of hydrogen-bond acceptors (Lipinski definition) is 2. The van der Waals surface area contributed by atoms with Gasteiger partial charge in [-0.15, -0.1) is 0 Å². The van der Waals surface area contributed by atoms with Gasteiger partial charge in [-0.1, -0.05) is 35.9 Å². The van der Waals surface area contributed by atoms with Gasteiger partial charge in [-0.3, -0.25) is 9.78 Å². The summed E-state index contributed by atoms with van der Waals surface area (Å²) in [6, 6.07) is 17.2. The standard InChI is InChI=1S/C20H16FIN2O/c1-13-5-7-14(8-6-13)19(18-4-2-3-11-23-18)24-20(25)16-12-15(21)9-10-17(16)22/h2-12,19H,1H3,(H,24,25). The van der Waals surface area contributed by atoms with Crippen LogP contribution in [0.15, 0.2) is 66.9 Å². The van der Waals surface area contributed by atoms with Crippen LogP contribution in [0.3, 0.4) is 0 Å². The zero-order chi connectivity index (χ0) is 17.8. The van der Waals surface area contributed by atoms with Crippen LogP contribution in [-0.2, 0) is 0 Å². The second kappa shape index (κ2) is 7.74. The molecule has 1 aromatic heterocycles. The summed E-state index contributed by atoms with van der Waals surface area (Å²) in [6.07, 6.45) is 1.69. The largest absolute Gasteiger partial charge is 0.340 e. The maximum atomic E-state index is 13.5. The third-order valence-electron chi connectivity index (χ3n) is 3.84. The van der Waals surface area contributed by atoms with Crippen molar-refractivity contribution >= 4 is 28.5 Å². The van der Waals surface area contributed by atoms with Crippen molar-refractivity contribution in [1.29, 1.82) is 0 Å². The van der Waals surface area contributed by atoms with E-state index < -0.39 is 11.9 Å². The molecule has 0 aliphatic carbocycles. The fourth-order valence-corrected chi connectivity index (χ4v) is 3.09. The highest BCUT2D eigenvalue weighted by atomic mass is 127. The van der Waals surface area contributed by atoms with Gasteiger partial charge < -0.3 is 5.32 Å². The lowest BCUT2D eigenvalue weighted by molar-refractivity contribution is 0.0941. The van der Waals surface area contributed by atoms with E-state index in [9.17, 15) is 9.18 Å². The van der Waals surface area contributed by atoms with E-state index in [0.29, 0.717) is 9.13 Å². The zero-order valence-electron chi connectivity index (χ0n) is 13.5. The fourth-order valence-electron chi connectivity index (χ4n) is 2.51. The molecule has 25 heavy (non-hydrogen) atoms. The number of benzene rings is 2. The first-order valence-electron chi connectivity index (χ1n) is 7.78. The molecule has 1 heterocycles. The van der Waals surface area contributed by atoms with Crippen LogP contribution < -0.4 is 5.32 Å². The Balaban J connectivity index is 1.96. The Kier molecular flexibility index (Phi) is 5.43. The molecule has 1 atom stereocenters. The lowest BCUT2D eigenvalue weighted by Gasteiger charge is -2.19. The molecule has 1 N–H and O–H groups in total. The average Bonchev–Trinajstić information content (AvgIpc) is 2.63. The van der Waals surface area contributed by atoms with E-state index in [2.05, 4.69) is 10.3 Å². The lowest BCUT2D eigenvalue weighted by atomic mass is 10.0. The summed E-state index contributed by atoms with van der Waals surface area (Å²) in [6.45, 7) is 2.01. The van der Waals surface area contributed by atoms with Crippen LogP contribution in [0.4, 0.5) is 4.39 Å². The fraction of sp³-hybridized carbons (Fsp3) is 0.100. The molecule has 126 valence electrons. The predicted octanol–water partition coefficient (Wildman–Crippen LogP) is 4.65. The topological polar surface area (TPSA) is 42.0 Å². The van der Waals surface area contributed by atoms with Crippen molar-refractivity contribution in [2.24, 2.45) is 0 Å². The van der Waals surface area contributed by atoms with Crippen molar-refractivity contribution in [2.75, 3.05) is 0 Å². The number of carbonyl (C=O) groups excluding carboxylic acids is 1. The maximum absolute atomic E-state index is 13.5. The highest BCUT2D eigenvalue weighted by Gasteiger charge is 2.20. The van der Waals surface area contributed by atoms with Crippen LogP contribution in [0.1, 0.15) is 33.2 Å². The molecule has 0 aliphatic rings. The van der Waals surface area contributed by atoms with Crippen LogP contribution in [0.2, 0.25) is 0 Å². The summed E-state index contributed by atoms with van der Waals surface area (Å²) in [7, 11) is 0. The molecule has 3 aromatic rings. The molecular weight excluding hydrogens is 430 g/mol. The van der Waals surface area contributed by atoms with Gasteiger partial charge in [0.25, 0.3) is 5.91 Å². The molecule has 3 rings (SSSR count). The molecule has 0 aliphatic heterocycles. The Labute approximate surface area is 159 Å². The first kappa shape index (κ1) is 17.5. The molecule has 0 saturated heterocycles. The van der Waals surface area contributed by atoms with Crippen molar-refractivity contribution in [3.05, 3.63) is 98.6 Å². The first-order chi connectivity index (χ1) is 12.0. The number of aromatic nitrogens is 1. The quantitative estimate of drug-likeness (QED) is 0.593. The van der Waals surface area contributed by atoms with E-state index in [-0.39, 0.29) is 5.91 Å². The minimum absolute atomic E-state index is 0.314. The van der Waals surface area contributed by atoms with E-state index in [1.165, 1.54) is 12.1 Å². The molecule has 1 unspecified atom stereocenters. The average molecular weight is 446 g/mol. The van der Waals surface area contributed by atoms with E-state index in [4.69, 9.17) is 0 Å². The van der Waals surface area contributed by atoms with Gasteiger partial charge >= 0.3 is 0 Å². The van der Waals surface area contributed by atoms with Gasteiger partial charge in [0.15, 0.2) is 0 Å². The molecule has 0 saturated carbocycles. The zero-order valence-corrected chi connectivity index (χ0v) is 15.7. The molecule has 3 nitrogen and oxygen atoms in total. The van der Waals surface area contributed by atoms with E-state index in [1.54, 1.807) is 12.3 Å². The maximum Gasteiger partial charge on any atom is 0.253 e. The van der Waals surface area contributed by atoms with Gasteiger partial charge in [-0.2, -0.15) is 0 Å². The lowest BCUT2D eigenvalue weighted by Crippen LogP contribution is -2.30. The molecule has 0 fully saturated rings. The first-order valence-corrected chi connectivity index (χ1v) is 8.86. The van der Waals surface area contributed by atoms with Gasteiger partial charge in [0, 0.05) is 9.77 Å². The van der Waals surface area contributed by atoms with Crippen LogP contribution in [-0.4, -0.2) is 10.9 Å². The van der Waals surface area contributed by atoms with Crippen LogP contribution in [0, 0.1) is 16.3 Å². The Morgan fingerprint density at radius 3 is 2.56 bits per heavy atom. The third-order valence-corrected chi connectivity index (χ3v) is 4.78. The molecule has 5 heteroatoms. The Morgan fingerprint density at radius 1 is 1.12 bits per heavy atom. The van der Waals surface area contributed by atoms with E-state index in [0.717, 1.165) is 16.8 Å². The number of nitrogens with zero attached hydrogens (tertiary/aromatic N) is 1. The summed E-state index contributed by atoms with van der Waals surface area (Å²) in [5.41, 5.74) is 3.10. The molecule has 2 aromatic carbocycles.